The predicted molar refractivity (Wildman–Crippen MR) is 119 cm³/mol. The van der Waals surface area contributed by atoms with Gasteiger partial charge in [-0.25, -0.2) is 5.43 Å². The van der Waals surface area contributed by atoms with Gasteiger partial charge in [0.25, 0.3) is 5.91 Å². The average Bonchev–Trinajstić information content (AvgIpc) is 2.66. The van der Waals surface area contributed by atoms with Gasteiger partial charge in [0, 0.05) is 11.4 Å². The first kappa shape index (κ1) is 22.6. The summed E-state index contributed by atoms with van der Waals surface area (Å²) in [6.07, 6.45) is 0.0799. The fourth-order valence-electron chi connectivity index (χ4n) is 2.48. The largest absolute Gasteiger partial charge is 0.483 e. The van der Waals surface area contributed by atoms with Crippen molar-refractivity contribution in [3.63, 3.8) is 0 Å². The monoisotopic (exact) mass is 459 g/mol. The summed E-state index contributed by atoms with van der Waals surface area (Å²) < 4.78 is 6.25. The summed E-state index contributed by atoms with van der Waals surface area (Å²) in [6.45, 7) is 7.71. The number of hydrogen-bond acceptors (Lipinski definition) is 4. The Hall–Kier alpha value is -2.67. The molecule has 2 rings (SSSR count). The maximum atomic E-state index is 12.1. The molecule has 7 heteroatoms. The number of hydrogen-bond donors (Lipinski definition) is 2. The smallest absolute Gasteiger partial charge is 0.277 e. The third-order valence-electron chi connectivity index (χ3n) is 4.10. The molecule has 0 saturated carbocycles. The normalized spacial score (nSPS) is 11.3. The van der Waals surface area contributed by atoms with Gasteiger partial charge in [-0.2, -0.15) is 5.10 Å². The molecule has 0 saturated heterocycles. The molecular weight excluding hydrogens is 434 g/mol. The van der Waals surface area contributed by atoms with Crippen LogP contribution in [0.5, 0.6) is 5.75 Å². The standard InChI is InChI=1S/C22H26BrN3O3/c1-14(2)17-6-8-18(9-7-17)24-21(27)12-16(4)25-26-22(28)13-29-20-10-5-15(3)11-19(20)23/h5-11,14H,12-13H2,1-4H3,(H,24,27)(H,26,28)/b25-16+. The maximum absolute atomic E-state index is 12.1. The molecule has 0 spiro atoms. The van der Waals surface area contributed by atoms with E-state index in [4.69, 9.17) is 4.74 Å². The lowest BCUT2D eigenvalue weighted by atomic mass is 10.0. The van der Waals surface area contributed by atoms with Crippen molar-refractivity contribution in [2.45, 2.75) is 40.0 Å². The number of carbonyl (C=O) groups excluding carboxylic acids is 2. The van der Waals surface area contributed by atoms with E-state index in [1.54, 1.807) is 13.0 Å². The highest BCUT2D eigenvalue weighted by atomic mass is 79.9. The minimum absolute atomic E-state index is 0.0799. The molecule has 0 aliphatic heterocycles. The summed E-state index contributed by atoms with van der Waals surface area (Å²) >= 11 is 3.40. The fourth-order valence-corrected chi connectivity index (χ4v) is 3.09. The van der Waals surface area contributed by atoms with Gasteiger partial charge in [0.05, 0.1) is 10.9 Å². The molecule has 0 atom stereocenters. The van der Waals surface area contributed by atoms with E-state index in [1.807, 2.05) is 43.3 Å². The van der Waals surface area contributed by atoms with Crippen LogP contribution in [0.4, 0.5) is 5.69 Å². The van der Waals surface area contributed by atoms with E-state index in [-0.39, 0.29) is 18.9 Å². The second kappa shape index (κ2) is 10.8. The summed E-state index contributed by atoms with van der Waals surface area (Å²) in [4.78, 5) is 24.0. The van der Waals surface area contributed by atoms with E-state index in [0.29, 0.717) is 17.4 Å². The summed E-state index contributed by atoms with van der Waals surface area (Å²) in [5, 5.41) is 6.78. The zero-order valence-corrected chi connectivity index (χ0v) is 18.7. The topological polar surface area (TPSA) is 79.8 Å². The Labute approximate surface area is 179 Å². The number of halogens is 1. The third kappa shape index (κ3) is 7.69. The van der Waals surface area contributed by atoms with Crippen LogP contribution in [0.1, 0.15) is 44.2 Å². The van der Waals surface area contributed by atoms with Crippen molar-refractivity contribution in [3.8, 4) is 5.75 Å². The summed E-state index contributed by atoms with van der Waals surface area (Å²) in [6, 6.07) is 13.3. The number of hydrazone groups is 1. The highest BCUT2D eigenvalue weighted by Crippen LogP contribution is 2.25. The van der Waals surface area contributed by atoms with Crippen LogP contribution < -0.4 is 15.5 Å². The Morgan fingerprint density at radius 3 is 2.41 bits per heavy atom. The molecule has 0 aromatic heterocycles. The summed E-state index contributed by atoms with van der Waals surface area (Å²) in [5.74, 6) is 0.419. The second-order valence-corrected chi connectivity index (χ2v) is 7.96. The summed E-state index contributed by atoms with van der Waals surface area (Å²) in [5.41, 5.74) is 5.92. The number of anilines is 1. The number of rotatable bonds is 8. The van der Waals surface area contributed by atoms with Crippen molar-refractivity contribution >= 4 is 39.1 Å². The van der Waals surface area contributed by atoms with Crippen molar-refractivity contribution in [1.29, 1.82) is 0 Å². The number of carbonyl (C=O) groups is 2. The van der Waals surface area contributed by atoms with Crippen LogP contribution >= 0.6 is 15.9 Å². The molecule has 0 unspecified atom stereocenters. The fraction of sp³-hybridized carbons (Fsp3) is 0.318. The minimum Gasteiger partial charge on any atom is -0.483 e. The lowest BCUT2D eigenvalue weighted by Crippen LogP contribution is -2.26. The van der Waals surface area contributed by atoms with Gasteiger partial charge < -0.3 is 10.1 Å². The lowest BCUT2D eigenvalue weighted by molar-refractivity contribution is -0.123. The molecule has 0 fully saturated rings. The highest BCUT2D eigenvalue weighted by Gasteiger charge is 2.08. The van der Waals surface area contributed by atoms with E-state index in [1.165, 1.54) is 5.56 Å². The van der Waals surface area contributed by atoms with Crippen LogP contribution in [0.3, 0.4) is 0 Å². The first-order chi connectivity index (χ1) is 13.7. The molecule has 0 radical (unpaired) electrons. The van der Waals surface area contributed by atoms with Gasteiger partial charge in [0.15, 0.2) is 6.61 Å². The van der Waals surface area contributed by atoms with Crippen molar-refractivity contribution in [3.05, 3.63) is 58.1 Å². The highest BCUT2D eigenvalue weighted by molar-refractivity contribution is 9.10. The van der Waals surface area contributed by atoms with Gasteiger partial charge in [-0.1, -0.05) is 32.0 Å². The van der Waals surface area contributed by atoms with Gasteiger partial charge in [0.2, 0.25) is 5.91 Å². The van der Waals surface area contributed by atoms with Gasteiger partial charge >= 0.3 is 0 Å². The Balaban J connectivity index is 1.78. The van der Waals surface area contributed by atoms with E-state index >= 15 is 0 Å². The van der Waals surface area contributed by atoms with Crippen LogP contribution in [0.15, 0.2) is 52.0 Å². The number of amides is 2. The third-order valence-corrected chi connectivity index (χ3v) is 4.71. The van der Waals surface area contributed by atoms with E-state index < -0.39 is 5.91 Å². The first-order valence-corrected chi connectivity index (χ1v) is 10.1. The molecule has 2 N–H and O–H groups in total. The quantitative estimate of drug-likeness (QED) is 0.440. The van der Waals surface area contributed by atoms with Crippen LogP contribution in [0.2, 0.25) is 0 Å². The van der Waals surface area contributed by atoms with Crippen LogP contribution in [-0.4, -0.2) is 24.1 Å². The van der Waals surface area contributed by atoms with Gasteiger partial charge in [-0.05, 0) is 71.1 Å². The summed E-state index contributed by atoms with van der Waals surface area (Å²) in [7, 11) is 0. The molecular formula is C22H26BrN3O3. The molecule has 2 amide bonds. The van der Waals surface area contributed by atoms with Crippen LogP contribution in [-0.2, 0) is 9.59 Å². The first-order valence-electron chi connectivity index (χ1n) is 9.35. The molecule has 0 heterocycles. The van der Waals surface area contributed by atoms with E-state index in [2.05, 4.69) is 45.6 Å². The molecule has 2 aromatic rings. The number of aryl methyl sites for hydroxylation is 1. The molecule has 2 aromatic carbocycles. The molecule has 154 valence electrons. The Bertz CT molecular complexity index is 893. The molecule has 0 aliphatic carbocycles. The SMILES string of the molecule is C/C(CC(=O)Nc1ccc(C(C)C)cc1)=N\NC(=O)COc1ccc(C)cc1Br. The zero-order valence-electron chi connectivity index (χ0n) is 17.1. The van der Waals surface area contributed by atoms with Gasteiger partial charge in [0.1, 0.15) is 5.75 Å². The average molecular weight is 460 g/mol. The lowest BCUT2D eigenvalue weighted by Gasteiger charge is -2.09. The Morgan fingerprint density at radius 2 is 1.79 bits per heavy atom. The molecule has 6 nitrogen and oxygen atoms in total. The number of benzene rings is 2. The zero-order chi connectivity index (χ0) is 21.4. The molecule has 0 aliphatic rings. The van der Waals surface area contributed by atoms with E-state index in [0.717, 1.165) is 15.7 Å². The number of ether oxygens (including phenoxy) is 1. The van der Waals surface area contributed by atoms with Crippen molar-refractivity contribution in [2.24, 2.45) is 5.10 Å². The second-order valence-electron chi connectivity index (χ2n) is 7.11. The maximum Gasteiger partial charge on any atom is 0.277 e. The van der Waals surface area contributed by atoms with Crippen molar-refractivity contribution in [1.82, 2.24) is 5.43 Å². The van der Waals surface area contributed by atoms with Gasteiger partial charge in [-0.3, -0.25) is 9.59 Å². The minimum atomic E-state index is -0.401. The van der Waals surface area contributed by atoms with Crippen molar-refractivity contribution in [2.75, 3.05) is 11.9 Å². The van der Waals surface area contributed by atoms with Crippen LogP contribution in [0, 0.1) is 6.92 Å². The number of nitrogens with one attached hydrogen (secondary N) is 2. The van der Waals surface area contributed by atoms with Crippen molar-refractivity contribution < 1.29 is 14.3 Å². The number of nitrogens with zero attached hydrogens (tertiary/aromatic N) is 1. The molecule has 29 heavy (non-hydrogen) atoms. The van der Waals surface area contributed by atoms with Crippen LogP contribution in [0.25, 0.3) is 0 Å². The predicted octanol–water partition coefficient (Wildman–Crippen LogP) is 4.78. The van der Waals surface area contributed by atoms with Gasteiger partial charge in [-0.15, -0.1) is 0 Å². The van der Waals surface area contributed by atoms with E-state index in [9.17, 15) is 9.59 Å². The Morgan fingerprint density at radius 1 is 1.10 bits per heavy atom. The molecule has 0 bridgehead atoms. The Kier molecular flexibility index (Phi) is 8.39.